The second-order valence-electron chi connectivity index (χ2n) is 7.59. The summed E-state index contributed by atoms with van der Waals surface area (Å²) in [6.45, 7) is 1.91. The van der Waals surface area contributed by atoms with Gasteiger partial charge in [-0.25, -0.2) is 8.42 Å². The molecular formula is C24H28Cl3N3O3S. The van der Waals surface area contributed by atoms with Gasteiger partial charge in [0, 0.05) is 30.3 Å². The monoisotopic (exact) mass is 543 g/mol. The second kappa shape index (κ2) is 13.1. The van der Waals surface area contributed by atoms with E-state index in [1.165, 1.54) is 10.4 Å². The maximum atomic E-state index is 13.4. The topological polar surface area (TPSA) is 61.9 Å². The van der Waals surface area contributed by atoms with Crippen molar-refractivity contribution in [3.05, 3.63) is 82.8 Å². The number of ether oxygens (including phenoxy) is 1. The third-order valence-electron chi connectivity index (χ3n) is 4.82. The highest BCUT2D eigenvalue weighted by Gasteiger charge is 2.27. The van der Waals surface area contributed by atoms with Crippen molar-refractivity contribution >= 4 is 57.0 Å². The van der Waals surface area contributed by atoms with Crippen LogP contribution in [-0.2, 0) is 10.0 Å². The van der Waals surface area contributed by atoms with Crippen molar-refractivity contribution in [3.63, 3.8) is 0 Å². The first kappa shape index (κ1) is 28.1. The van der Waals surface area contributed by atoms with Crippen LogP contribution >= 0.6 is 35.6 Å². The van der Waals surface area contributed by atoms with Crippen LogP contribution in [0.15, 0.2) is 77.7 Å². The number of hydrogen-bond donors (Lipinski definition) is 1. The smallest absolute Gasteiger partial charge is 0.265 e. The van der Waals surface area contributed by atoms with Gasteiger partial charge in [-0.3, -0.25) is 4.31 Å². The molecule has 0 aromatic heterocycles. The highest BCUT2D eigenvalue weighted by Crippen LogP contribution is 2.29. The summed E-state index contributed by atoms with van der Waals surface area (Å²) in [4.78, 5) is 2.03. The number of halogens is 3. The third-order valence-corrected chi connectivity index (χ3v) is 7.40. The van der Waals surface area contributed by atoms with Crippen LogP contribution in [0.1, 0.15) is 0 Å². The summed E-state index contributed by atoms with van der Waals surface area (Å²) in [6, 6.07) is 20.9. The zero-order valence-electron chi connectivity index (χ0n) is 18.9. The predicted molar refractivity (Wildman–Crippen MR) is 144 cm³/mol. The van der Waals surface area contributed by atoms with Gasteiger partial charge in [-0.1, -0.05) is 35.3 Å². The molecule has 0 atom stereocenters. The number of anilines is 2. The minimum Gasteiger partial charge on any atom is -0.492 e. The Balaban J connectivity index is 0.00000408. The highest BCUT2D eigenvalue weighted by molar-refractivity contribution is 7.93. The Hall–Kier alpha value is -2.16. The number of benzene rings is 3. The van der Waals surface area contributed by atoms with Crippen molar-refractivity contribution < 1.29 is 13.2 Å². The molecule has 3 rings (SSSR count). The van der Waals surface area contributed by atoms with Gasteiger partial charge in [-0.15, -0.1) is 12.4 Å². The fourth-order valence-electron chi connectivity index (χ4n) is 3.09. The summed E-state index contributed by atoms with van der Waals surface area (Å²) < 4.78 is 33.9. The van der Waals surface area contributed by atoms with Crippen LogP contribution in [0.4, 0.5) is 11.4 Å². The summed E-state index contributed by atoms with van der Waals surface area (Å²) in [6.07, 6.45) is 0. The Morgan fingerprint density at radius 2 is 1.53 bits per heavy atom. The molecule has 3 aromatic carbocycles. The number of nitrogens with zero attached hydrogens (tertiary/aromatic N) is 2. The van der Waals surface area contributed by atoms with Crippen LogP contribution in [-0.4, -0.2) is 53.7 Å². The summed E-state index contributed by atoms with van der Waals surface area (Å²) >= 11 is 12.1. The Morgan fingerprint density at radius 3 is 2.15 bits per heavy atom. The third kappa shape index (κ3) is 7.68. The number of sulfonamides is 1. The number of nitrogens with one attached hydrogen (secondary N) is 1. The summed E-state index contributed by atoms with van der Waals surface area (Å²) in [7, 11) is -0.0186. The van der Waals surface area contributed by atoms with Gasteiger partial charge in [0.05, 0.1) is 10.7 Å². The van der Waals surface area contributed by atoms with E-state index in [1.54, 1.807) is 42.5 Å². The molecule has 0 fully saturated rings. The molecule has 0 unspecified atom stereocenters. The van der Waals surface area contributed by atoms with Crippen LogP contribution < -0.4 is 14.4 Å². The van der Waals surface area contributed by atoms with Gasteiger partial charge in [0.1, 0.15) is 17.3 Å². The van der Waals surface area contributed by atoms with E-state index >= 15 is 0 Å². The van der Waals surface area contributed by atoms with Crippen LogP contribution in [0.2, 0.25) is 10.0 Å². The maximum Gasteiger partial charge on any atom is 0.265 e. The summed E-state index contributed by atoms with van der Waals surface area (Å²) in [5.74, 6) is 0.748. The van der Waals surface area contributed by atoms with E-state index in [1.807, 2.05) is 43.3 Å². The molecule has 0 aliphatic rings. The predicted octanol–water partition coefficient (Wildman–Crippen LogP) is 5.66. The standard InChI is InChI=1S/C24H27Cl2N3O3S.ClH/c1-28(2)16-17-29(33(30,31)24-6-4-3-5-23(24)26)21-11-9-20(10-12-21)27-15-18-32-22-13-7-19(25)8-14-22;/h3-14,27H,15-18H2,1-2H3;1H. The molecule has 6 nitrogen and oxygen atoms in total. The van der Waals surface area contributed by atoms with Gasteiger partial charge in [-0.2, -0.15) is 0 Å². The van der Waals surface area contributed by atoms with Crippen LogP contribution in [0.3, 0.4) is 0 Å². The molecule has 0 amide bonds. The van der Waals surface area contributed by atoms with Gasteiger partial charge in [0.25, 0.3) is 10.0 Å². The first-order chi connectivity index (χ1) is 15.8. The summed E-state index contributed by atoms with van der Waals surface area (Å²) in [5, 5.41) is 4.14. The van der Waals surface area contributed by atoms with Crippen molar-refractivity contribution in [1.82, 2.24) is 4.90 Å². The van der Waals surface area contributed by atoms with E-state index in [-0.39, 0.29) is 22.3 Å². The molecule has 184 valence electrons. The van der Waals surface area contributed by atoms with E-state index in [0.717, 1.165) is 11.4 Å². The lowest BCUT2D eigenvalue weighted by molar-refractivity contribution is 0.333. The molecule has 10 heteroatoms. The van der Waals surface area contributed by atoms with Gasteiger partial charge >= 0.3 is 0 Å². The fourth-order valence-corrected chi connectivity index (χ4v) is 5.17. The summed E-state index contributed by atoms with van der Waals surface area (Å²) in [5.41, 5.74) is 1.43. The molecule has 0 spiro atoms. The van der Waals surface area contributed by atoms with E-state index < -0.39 is 10.0 Å². The SMILES string of the molecule is CN(C)CCN(c1ccc(NCCOc2ccc(Cl)cc2)cc1)S(=O)(=O)c1ccccc1Cl.Cl. The molecule has 0 aliphatic carbocycles. The first-order valence-electron chi connectivity index (χ1n) is 10.4. The first-order valence-corrected chi connectivity index (χ1v) is 12.6. The van der Waals surface area contributed by atoms with Crippen molar-refractivity contribution in [2.45, 2.75) is 4.90 Å². The average Bonchev–Trinajstić information content (AvgIpc) is 2.79. The van der Waals surface area contributed by atoms with Crippen LogP contribution in [0, 0.1) is 0 Å². The van der Waals surface area contributed by atoms with Gasteiger partial charge in [0.15, 0.2) is 0 Å². The van der Waals surface area contributed by atoms with Gasteiger partial charge in [0.2, 0.25) is 0 Å². The lowest BCUT2D eigenvalue weighted by Crippen LogP contribution is -2.36. The number of hydrogen-bond acceptors (Lipinski definition) is 5. The van der Waals surface area contributed by atoms with Crippen molar-refractivity contribution in [3.8, 4) is 5.75 Å². The van der Waals surface area contributed by atoms with E-state index in [9.17, 15) is 8.42 Å². The van der Waals surface area contributed by atoms with Gasteiger partial charge < -0.3 is 15.0 Å². The molecule has 1 N–H and O–H groups in total. The Bertz CT molecular complexity index is 1140. The normalized spacial score (nSPS) is 11.1. The average molecular weight is 545 g/mol. The van der Waals surface area contributed by atoms with Crippen LogP contribution in [0.5, 0.6) is 5.75 Å². The fraction of sp³-hybridized carbons (Fsp3) is 0.250. The molecule has 0 bridgehead atoms. The molecule has 0 aliphatic heterocycles. The minimum atomic E-state index is -3.82. The van der Waals surface area contributed by atoms with E-state index in [0.29, 0.717) is 37.0 Å². The lowest BCUT2D eigenvalue weighted by Gasteiger charge is -2.26. The Kier molecular flexibility index (Phi) is 10.8. The minimum absolute atomic E-state index is 0. The molecule has 34 heavy (non-hydrogen) atoms. The lowest BCUT2D eigenvalue weighted by atomic mass is 10.2. The zero-order valence-corrected chi connectivity index (χ0v) is 22.1. The molecule has 3 aromatic rings. The van der Waals surface area contributed by atoms with E-state index in [4.69, 9.17) is 27.9 Å². The quantitative estimate of drug-likeness (QED) is 0.316. The van der Waals surface area contributed by atoms with Crippen molar-refractivity contribution in [2.24, 2.45) is 0 Å². The molecule has 0 saturated heterocycles. The molecule has 0 saturated carbocycles. The van der Waals surface area contributed by atoms with Crippen LogP contribution in [0.25, 0.3) is 0 Å². The maximum absolute atomic E-state index is 13.4. The van der Waals surface area contributed by atoms with Crippen molar-refractivity contribution in [1.29, 1.82) is 0 Å². The van der Waals surface area contributed by atoms with Gasteiger partial charge in [-0.05, 0) is 74.8 Å². The number of likely N-dealkylation sites (N-methyl/N-ethyl adjacent to an activating group) is 1. The highest BCUT2D eigenvalue weighted by atomic mass is 35.5. The Morgan fingerprint density at radius 1 is 0.882 bits per heavy atom. The van der Waals surface area contributed by atoms with E-state index in [2.05, 4.69) is 5.32 Å². The number of rotatable bonds is 11. The molecular weight excluding hydrogens is 517 g/mol. The largest absolute Gasteiger partial charge is 0.492 e. The zero-order chi connectivity index (χ0) is 23.8. The molecule has 0 heterocycles. The molecule has 0 radical (unpaired) electrons. The van der Waals surface area contributed by atoms with Crippen molar-refractivity contribution in [2.75, 3.05) is 50.0 Å². The second-order valence-corrected chi connectivity index (χ2v) is 10.3. The Labute approximate surface area is 217 Å².